The molecule has 2 N–H and O–H groups in total. The largest absolute Gasteiger partial charge is 0.481 e. The number of carboxylic acids is 1. The van der Waals surface area contributed by atoms with Crippen LogP contribution in [-0.4, -0.2) is 43.5 Å². The van der Waals surface area contributed by atoms with Crippen LogP contribution in [0.2, 0.25) is 0 Å². The van der Waals surface area contributed by atoms with E-state index in [4.69, 9.17) is 0 Å². The number of aliphatic carboxylic acids is 1. The summed E-state index contributed by atoms with van der Waals surface area (Å²) >= 11 is 0. The number of rotatable bonds is 9. The van der Waals surface area contributed by atoms with E-state index >= 15 is 0 Å². The zero-order valence-corrected chi connectivity index (χ0v) is 15.1. The SMILES string of the molecule is CCC(CNC(=O)CS(=O)(=O)CC(C)C)(C(=O)O)c1ccccc1. The van der Waals surface area contributed by atoms with Crippen LogP contribution < -0.4 is 5.32 Å². The van der Waals surface area contributed by atoms with Gasteiger partial charge in [-0.1, -0.05) is 51.1 Å². The fraction of sp³-hybridized carbons (Fsp3) is 0.529. The van der Waals surface area contributed by atoms with Gasteiger partial charge in [0.1, 0.15) is 11.2 Å². The molecule has 0 aliphatic heterocycles. The van der Waals surface area contributed by atoms with Gasteiger partial charge in [-0.2, -0.15) is 0 Å². The third-order valence-electron chi connectivity index (χ3n) is 3.86. The van der Waals surface area contributed by atoms with E-state index in [0.717, 1.165) is 0 Å². The Labute approximate surface area is 143 Å². The van der Waals surface area contributed by atoms with Crippen molar-refractivity contribution in [3.63, 3.8) is 0 Å². The van der Waals surface area contributed by atoms with Crippen molar-refractivity contribution in [1.29, 1.82) is 0 Å². The second-order valence-corrected chi connectivity index (χ2v) is 8.44. The first-order chi connectivity index (χ1) is 11.1. The number of sulfone groups is 1. The van der Waals surface area contributed by atoms with Crippen LogP contribution >= 0.6 is 0 Å². The maximum absolute atomic E-state index is 12.0. The highest BCUT2D eigenvalue weighted by molar-refractivity contribution is 7.92. The molecule has 0 aromatic heterocycles. The van der Waals surface area contributed by atoms with Crippen LogP contribution in [0.25, 0.3) is 0 Å². The van der Waals surface area contributed by atoms with Gasteiger partial charge in [-0.15, -0.1) is 0 Å². The van der Waals surface area contributed by atoms with E-state index in [-0.39, 0.29) is 24.6 Å². The van der Waals surface area contributed by atoms with Crippen molar-refractivity contribution in [2.24, 2.45) is 5.92 Å². The standard InChI is InChI=1S/C17H25NO5S/c1-4-17(16(20)21,14-8-6-5-7-9-14)12-18-15(19)11-24(22,23)10-13(2)3/h5-9,13H,4,10-12H2,1-3H3,(H,18,19)(H,20,21). The van der Waals surface area contributed by atoms with Gasteiger partial charge in [0.25, 0.3) is 0 Å². The lowest BCUT2D eigenvalue weighted by atomic mass is 9.78. The van der Waals surface area contributed by atoms with Gasteiger partial charge < -0.3 is 10.4 Å². The molecule has 1 aromatic rings. The summed E-state index contributed by atoms with van der Waals surface area (Å²) in [6.07, 6.45) is 0.269. The van der Waals surface area contributed by atoms with Gasteiger partial charge in [-0.25, -0.2) is 8.42 Å². The van der Waals surface area contributed by atoms with Crippen molar-refractivity contribution < 1.29 is 23.1 Å². The van der Waals surface area contributed by atoms with Gasteiger partial charge in [0.15, 0.2) is 9.84 Å². The number of hydrogen-bond donors (Lipinski definition) is 2. The van der Waals surface area contributed by atoms with Gasteiger partial charge >= 0.3 is 5.97 Å². The molecule has 134 valence electrons. The Hall–Kier alpha value is -1.89. The number of amides is 1. The Bertz CT molecular complexity index is 669. The lowest BCUT2D eigenvalue weighted by Gasteiger charge is -2.29. The lowest BCUT2D eigenvalue weighted by Crippen LogP contribution is -2.47. The summed E-state index contributed by atoms with van der Waals surface area (Å²) in [5.74, 6) is -2.50. The van der Waals surface area contributed by atoms with Crippen LogP contribution in [0.5, 0.6) is 0 Å². The molecule has 0 radical (unpaired) electrons. The molecular formula is C17H25NO5S. The summed E-state index contributed by atoms with van der Waals surface area (Å²) < 4.78 is 23.7. The number of carbonyl (C=O) groups excluding carboxylic acids is 1. The van der Waals surface area contributed by atoms with Crippen molar-refractivity contribution in [1.82, 2.24) is 5.32 Å². The molecule has 0 fully saturated rings. The van der Waals surface area contributed by atoms with Crippen LogP contribution in [-0.2, 0) is 24.8 Å². The minimum Gasteiger partial charge on any atom is -0.481 e. The van der Waals surface area contributed by atoms with Crippen LogP contribution in [0.3, 0.4) is 0 Å². The van der Waals surface area contributed by atoms with Crippen molar-refractivity contribution in [2.45, 2.75) is 32.6 Å². The lowest BCUT2D eigenvalue weighted by molar-refractivity contribution is -0.144. The number of carbonyl (C=O) groups is 2. The Morgan fingerprint density at radius 3 is 2.25 bits per heavy atom. The molecule has 7 heteroatoms. The number of nitrogens with one attached hydrogen (secondary N) is 1. The summed E-state index contributed by atoms with van der Waals surface area (Å²) in [5.41, 5.74) is -0.705. The first kappa shape index (κ1) is 20.2. The van der Waals surface area contributed by atoms with Gasteiger partial charge in [0.05, 0.1) is 5.75 Å². The quantitative estimate of drug-likeness (QED) is 0.701. The van der Waals surface area contributed by atoms with Crippen molar-refractivity contribution in [3.8, 4) is 0 Å². The highest BCUT2D eigenvalue weighted by Crippen LogP contribution is 2.27. The van der Waals surface area contributed by atoms with E-state index in [1.165, 1.54) is 0 Å². The fourth-order valence-corrected chi connectivity index (χ4v) is 4.24. The molecule has 1 amide bonds. The van der Waals surface area contributed by atoms with E-state index in [9.17, 15) is 23.1 Å². The van der Waals surface area contributed by atoms with Crippen LogP contribution in [0.4, 0.5) is 0 Å². The number of hydrogen-bond acceptors (Lipinski definition) is 4. The highest BCUT2D eigenvalue weighted by atomic mass is 32.2. The Morgan fingerprint density at radius 2 is 1.79 bits per heavy atom. The molecule has 1 rings (SSSR count). The normalized spacial score (nSPS) is 14.2. The average Bonchev–Trinajstić information content (AvgIpc) is 2.47. The molecule has 0 aliphatic carbocycles. The minimum absolute atomic E-state index is 0.0686. The van der Waals surface area contributed by atoms with Gasteiger partial charge in [-0.3, -0.25) is 9.59 Å². The molecule has 0 spiro atoms. The summed E-state index contributed by atoms with van der Waals surface area (Å²) in [6.45, 7) is 5.09. The first-order valence-electron chi connectivity index (χ1n) is 7.89. The predicted molar refractivity (Wildman–Crippen MR) is 92.5 cm³/mol. The second-order valence-electron chi connectivity index (χ2n) is 6.33. The van der Waals surface area contributed by atoms with E-state index < -0.39 is 32.9 Å². The molecule has 0 heterocycles. The van der Waals surface area contributed by atoms with Crippen molar-refractivity contribution in [2.75, 3.05) is 18.1 Å². The molecule has 1 atom stereocenters. The molecule has 1 aromatic carbocycles. The fourth-order valence-electron chi connectivity index (χ4n) is 2.61. The van der Waals surface area contributed by atoms with Crippen LogP contribution in [0.1, 0.15) is 32.8 Å². The first-order valence-corrected chi connectivity index (χ1v) is 9.71. The van der Waals surface area contributed by atoms with Gasteiger partial charge in [0.2, 0.25) is 5.91 Å². The molecule has 1 unspecified atom stereocenters. The third kappa shape index (κ3) is 5.33. The summed E-state index contributed by atoms with van der Waals surface area (Å²) in [7, 11) is -3.50. The van der Waals surface area contributed by atoms with Crippen molar-refractivity contribution >= 4 is 21.7 Å². The Balaban J connectivity index is 2.87. The smallest absolute Gasteiger partial charge is 0.315 e. The summed E-state index contributed by atoms with van der Waals surface area (Å²) in [5, 5.41) is 12.2. The Morgan fingerprint density at radius 1 is 1.21 bits per heavy atom. The molecule has 0 saturated carbocycles. The minimum atomic E-state index is -3.50. The van der Waals surface area contributed by atoms with Gasteiger partial charge in [-0.05, 0) is 17.9 Å². The van der Waals surface area contributed by atoms with Crippen LogP contribution in [0.15, 0.2) is 30.3 Å². The van der Waals surface area contributed by atoms with Gasteiger partial charge in [0, 0.05) is 6.54 Å². The second kappa shape index (κ2) is 8.28. The van der Waals surface area contributed by atoms with E-state index in [0.29, 0.717) is 5.56 Å². The summed E-state index contributed by atoms with van der Waals surface area (Å²) in [6, 6.07) is 8.64. The predicted octanol–water partition coefficient (Wildman–Crippen LogP) is 1.61. The molecule has 0 aliphatic rings. The highest BCUT2D eigenvalue weighted by Gasteiger charge is 2.39. The molecule has 6 nitrogen and oxygen atoms in total. The topological polar surface area (TPSA) is 101 Å². The zero-order chi connectivity index (χ0) is 18.4. The number of benzene rings is 1. The van der Waals surface area contributed by atoms with Crippen LogP contribution in [0, 0.1) is 5.92 Å². The zero-order valence-electron chi connectivity index (χ0n) is 14.3. The van der Waals surface area contributed by atoms with E-state index in [2.05, 4.69) is 5.32 Å². The molecule has 24 heavy (non-hydrogen) atoms. The maximum atomic E-state index is 12.0. The molecule has 0 bridgehead atoms. The summed E-state index contributed by atoms with van der Waals surface area (Å²) in [4.78, 5) is 23.8. The van der Waals surface area contributed by atoms with E-state index in [1.54, 1.807) is 51.1 Å². The number of carboxylic acid groups (broad SMARTS) is 1. The average molecular weight is 355 g/mol. The maximum Gasteiger partial charge on any atom is 0.315 e. The molecular weight excluding hydrogens is 330 g/mol. The molecule has 0 saturated heterocycles. The van der Waals surface area contributed by atoms with Crippen molar-refractivity contribution in [3.05, 3.63) is 35.9 Å². The Kier molecular flexibility index (Phi) is 6.95. The third-order valence-corrected chi connectivity index (χ3v) is 5.74. The van der Waals surface area contributed by atoms with E-state index in [1.807, 2.05) is 0 Å². The monoisotopic (exact) mass is 355 g/mol.